The molecule has 2 heterocycles. The van der Waals surface area contributed by atoms with Gasteiger partial charge in [-0.15, -0.1) is 0 Å². The van der Waals surface area contributed by atoms with Crippen LogP contribution < -0.4 is 5.73 Å². The summed E-state index contributed by atoms with van der Waals surface area (Å²) >= 11 is 0. The number of pyridine rings is 1. The summed E-state index contributed by atoms with van der Waals surface area (Å²) in [5.41, 5.74) is 7.10. The van der Waals surface area contributed by atoms with Gasteiger partial charge in [0.2, 0.25) is 0 Å². The molecule has 0 radical (unpaired) electrons. The summed E-state index contributed by atoms with van der Waals surface area (Å²) in [6.07, 6.45) is 3.41. The molecule has 34 heavy (non-hydrogen) atoms. The minimum atomic E-state index is -9.79. The van der Waals surface area contributed by atoms with Gasteiger partial charge in [0.1, 0.15) is 22.5 Å². The fourth-order valence-electron chi connectivity index (χ4n) is 3.69. The van der Waals surface area contributed by atoms with E-state index in [1.165, 1.54) is 17.3 Å². The molecule has 1 aromatic heterocycles. The Labute approximate surface area is 192 Å². The monoisotopic (exact) mass is 506 g/mol. The molecule has 1 fully saturated rings. The maximum absolute atomic E-state index is 12.9. The molecule has 0 aliphatic carbocycles. The first-order chi connectivity index (χ1) is 15.7. The number of hydrogen-bond acceptors (Lipinski definition) is 6. The van der Waals surface area contributed by atoms with Crippen molar-refractivity contribution in [3.63, 3.8) is 0 Å². The number of nitrogens with zero attached hydrogens (tertiary/aromatic N) is 3. The summed E-state index contributed by atoms with van der Waals surface area (Å²) in [6, 6.07) is 3.76. The minimum Gasteiger partial charge on any atom is -0.459 e. The Morgan fingerprint density at radius 2 is 1.79 bits per heavy atom. The highest BCUT2D eigenvalue weighted by atomic mass is 32.5. The lowest BCUT2D eigenvalue weighted by molar-refractivity contribution is -0.130. The summed E-state index contributed by atoms with van der Waals surface area (Å²) in [5, 5.41) is 0. The van der Waals surface area contributed by atoms with Crippen LogP contribution in [0, 0.1) is 0 Å². The van der Waals surface area contributed by atoms with Gasteiger partial charge < -0.3 is 15.4 Å². The van der Waals surface area contributed by atoms with Gasteiger partial charge in [-0.3, -0.25) is 14.6 Å². The van der Waals surface area contributed by atoms with Gasteiger partial charge in [-0.25, -0.2) is 4.98 Å². The maximum atomic E-state index is 12.9. The summed E-state index contributed by atoms with van der Waals surface area (Å²) in [4.78, 5) is 30.9. The molecule has 1 atom stereocenters. The number of likely N-dealkylation sites (tertiary alicyclic amines) is 1. The molecule has 0 saturated carbocycles. The number of nitrogens with two attached hydrogens (primary N) is 1. The second-order valence-corrected chi connectivity index (χ2v) is 10.3. The standard InChI is InChI=1S/C21H23F5N4O3S/c1-14(33-13-31)12-29-19-18(6-9-28-20(19)27)15-7-10-30(11-8-15)21(32)16-2-4-17(5-3-16)34(22,23,24,25)26/h2-6,9,12-15H,7-8,10-11H2,1H3,(H2,27,28). The molecule has 1 saturated heterocycles. The van der Waals surface area contributed by atoms with Crippen molar-refractivity contribution in [2.45, 2.75) is 36.7 Å². The van der Waals surface area contributed by atoms with Crippen LogP contribution in [0.3, 0.4) is 0 Å². The number of benzene rings is 1. The minimum absolute atomic E-state index is 0.0284. The van der Waals surface area contributed by atoms with Gasteiger partial charge in [-0.1, -0.05) is 19.4 Å². The first kappa shape index (κ1) is 25.4. The molecule has 1 amide bonds. The largest absolute Gasteiger partial charge is 0.459 e. The Bertz CT molecular complexity index is 1100. The Morgan fingerprint density at radius 3 is 2.35 bits per heavy atom. The average molecular weight is 506 g/mol. The van der Waals surface area contributed by atoms with E-state index in [4.69, 9.17) is 10.5 Å². The zero-order chi connectivity index (χ0) is 25.2. The van der Waals surface area contributed by atoms with Crippen LogP contribution in [0.5, 0.6) is 0 Å². The van der Waals surface area contributed by atoms with Gasteiger partial charge in [-0.2, -0.15) is 0 Å². The Balaban J connectivity index is 1.71. The number of anilines is 1. The molecule has 0 spiro atoms. The van der Waals surface area contributed by atoms with Gasteiger partial charge in [0, 0.05) is 31.1 Å². The van der Waals surface area contributed by atoms with Crippen molar-refractivity contribution in [2.24, 2.45) is 4.99 Å². The van der Waals surface area contributed by atoms with Crippen LogP contribution in [0.15, 0.2) is 46.4 Å². The third-order valence-electron chi connectivity index (χ3n) is 5.44. The molecular weight excluding hydrogens is 483 g/mol. The van der Waals surface area contributed by atoms with E-state index in [0.29, 0.717) is 38.1 Å². The van der Waals surface area contributed by atoms with Crippen LogP contribution in [0.2, 0.25) is 0 Å². The highest BCUT2D eigenvalue weighted by Gasteiger charge is 2.65. The topological polar surface area (TPSA) is 97.9 Å². The van der Waals surface area contributed by atoms with E-state index in [0.717, 1.165) is 17.7 Å². The summed E-state index contributed by atoms with van der Waals surface area (Å²) in [5.74, 6) is -0.381. The van der Waals surface area contributed by atoms with Gasteiger partial charge in [-0.05, 0) is 61.6 Å². The van der Waals surface area contributed by atoms with E-state index in [-0.39, 0.29) is 29.4 Å². The van der Waals surface area contributed by atoms with Crippen LogP contribution in [0.1, 0.15) is 41.6 Å². The van der Waals surface area contributed by atoms with Gasteiger partial charge in [0.15, 0.2) is 0 Å². The van der Waals surface area contributed by atoms with E-state index in [2.05, 4.69) is 9.98 Å². The lowest BCUT2D eigenvalue weighted by Gasteiger charge is -2.40. The Morgan fingerprint density at radius 1 is 1.18 bits per heavy atom. The third kappa shape index (κ3) is 6.01. The molecule has 186 valence electrons. The molecule has 1 unspecified atom stereocenters. The molecule has 13 heteroatoms. The highest BCUT2D eigenvalue weighted by molar-refractivity contribution is 8.45. The molecule has 7 nitrogen and oxygen atoms in total. The third-order valence-corrected chi connectivity index (χ3v) is 6.60. The fourth-order valence-corrected chi connectivity index (χ4v) is 4.34. The summed E-state index contributed by atoms with van der Waals surface area (Å²) in [7, 11) is -9.79. The number of halogens is 5. The average Bonchev–Trinajstić information content (AvgIpc) is 2.76. The Hall–Kier alpha value is -3.22. The number of ether oxygens (including phenoxy) is 1. The van der Waals surface area contributed by atoms with Crippen LogP contribution in [-0.4, -0.2) is 47.7 Å². The first-order valence-electron chi connectivity index (χ1n) is 10.2. The number of aromatic nitrogens is 1. The molecule has 3 rings (SSSR count). The van der Waals surface area contributed by atoms with Crippen molar-refractivity contribution in [3.05, 3.63) is 47.7 Å². The Kier molecular flexibility index (Phi) is 6.37. The van der Waals surface area contributed by atoms with Gasteiger partial charge >= 0.3 is 10.2 Å². The number of carbonyl (C=O) groups is 2. The SMILES string of the molecule is CC(C=Nc1c(C2CCN(C(=O)c3ccc(S(F)(F)(F)(F)F)cc3)CC2)ccnc1N)OC=O. The first-order valence-corrected chi connectivity index (χ1v) is 12.2. The van der Waals surface area contributed by atoms with E-state index in [1.807, 2.05) is 0 Å². The normalized spacial score (nSPS) is 18.2. The van der Waals surface area contributed by atoms with Gasteiger partial charge in [0.05, 0.1) is 0 Å². The molecule has 2 N–H and O–H groups in total. The van der Waals surface area contributed by atoms with E-state index in [1.54, 1.807) is 13.0 Å². The summed E-state index contributed by atoms with van der Waals surface area (Å²) in [6.45, 7) is 2.52. The number of hydrogen-bond donors (Lipinski definition) is 1. The fraction of sp³-hybridized carbons (Fsp3) is 0.333. The van der Waals surface area contributed by atoms with E-state index < -0.39 is 27.1 Å². The van der Waals surface area contributed by atoms with Crippen molar-refractivity contribution < 1.29 is 33.8 Å². The predicted octanol–water partition coefficient (Wildman–Crippen LogP) is 5.60. The zero-order valence-electron chi connectivity index (χ0n) is 18.0. The number of piperidine rings is 1. The second-order valence-electron chi connectivity index (χ2n) is 7.91. The number of rotatable bonds is 7. The quantitative estimate of drug-likeness (QED) is 0.299. The second kappa shape index (κ2) is 8.53. The van der Waals surface area contributed by atoms with Crippen LogP contribution >= 0.6 is 10.2 Å². The highest BCUT2D eigenvalue weighted by Crippen LogP contribution is 3.02. The van der Waals surface area contributed by atoms with E-state index >= 15 is 0 Å². The lowest BCUT2D eigenvalue weighted by Crippen LogP contribution is -2.38. The van der Waals surface area contributed by atoms with Gasteiger partial charge in [0.25, 0.3) is 12.4 Å². The number of amides is 1. The predicted molar refractivity (Wildman–Crippen MR) is 119 cm³/mol. The van der Waals surface area contributed by atoms with Crippen molar-refractivity contribution >= 4 is 40.3 Å². The zero-order valence-corrected chi connectivity index (χ0v) is 18.9. The van der Waals surface area contributed by atoms with Crippen molar-refractivity contribution in [1.82, 2.24) is 9.88 Å². The summed E-state index contributed by atoms with van der Waals surface area (Å²) < 4.78 is 69.3. The molecule has 2 aromatic rings. The van der Waals surface area contributed by atoms with Crippen molar-refractivity contribution in [1.29, 1.82) is 0 Å². The van der Waals surface area contributed by atoms with Crippen LogP contribution in [0.4, 0.5) is 30.9 Å². The molecule has 1 aliphatic rings. The van der Waals surface area contributed by atoms with Crippen molar-refractivity contribution in [2.75, 3.05) is 18.8 Å². The molecule has 1 aromatic carbocycles. The number of carbonyl (C=O) groups excluding carboxylic acids is 2. The smallest absolute Gasteiger partial charge is 0.310 e. The maximum Gasteiger partial charge on any atom is 0.310 e. The lowest BCUT2D eigenvalue weighted by atomic mass is 9.88. The van der Waals surface area contributed by atoms with Crippen LogP contribution in [-0.2, 0) is 9.53 Å². The number of nitrogen functional groups attached to an aromatic ring is 1. The van der Waals surface area contributed by atoms with Crippen molar-refractivity contribution in [3.8, 4) is 0 Å². The molecule has 1 aliphatic heterocycles. The molecular formula is C21H23F5N4O3S. The van der Waals surface area contributed by atoms with Crippen LogP contribution in [0.25, 0.3) is 0 Å². The van der Waals surface area contributed by atoms with E-state index in [9.17, 15) is 29.0 Å². The molecule has 0 bridgehead atoms. The number of aliphatic imine (C=N–C) groups is 1.